The summed E-state index contributed by atoms with van der Waals surface area (Å²) in [5.74, 6) is -0.758. The van der Waals surface area contributed by atoms with Crippen LogP contribution in [0.4, 0.5) is 17.6 Å². The molecule has 7 heteroatoms. The van der Waals surface area contributed by atoms with E-state index in [9.17, 15) is 17.6 Å². The third-order valence-corrected chi connectivity index (χ3v) is 3.25. The molecule has 1 heterocycles. The Morgan fingerprint density at radius 1 is 1.16 bits per heavy atom. The Balaban J connectivity index is 2.36. The minimum Gasteiger partial charge on any atom is -0.314 e. The number of nitrogens with zero attached hydrogens (tertiary/aromatic N) is 1. The molecular formula is C12H13ClF4N2. The summed E-state index contributed by atoms with van der Waals surface area (Å²) in [5, 5.41) is 2.96. The Hall–Kier alpha value is -0.850. The number of hydrogen-bond acceptors (Lipinski definition) is 2. The van der Waals surface area contributed by atoms with Gasteiger partial charge in [-0.15, -0.1) is 0 Å². The normalized spacial score (nSPS) is 19.4. The molecule has 1 aromatic rings. The first-order valence-electron chi connectivity index (χ1n) is 5.85. The van der Waals surface area contributed by atoms with Gasteiger partial charge in [-0.3, -0.25) is 4.90 Å². The summed E-state index contributed by atoms with van der Waals surface area (Å²) in [6.45, 7) is 1.49. The molecule has 2 nitrogen and oxygen atoms in total. The Labute approximate surface area is 113 Å². The lowest BCUT2D eigenvalue weighted by atomic mass is 10.0. The Morgan fingerprint density at radius 2 is 1.79 bits per heavy atom. The highest BCUT2D eigenvalue weighted by molar-refractivity contribution is 6.30. The molecule has 0 bridgehead atoms. The minimum absolute atomic E-state index is 0.0283. The molecule has 0 spiro atoms. The summed E-state index contributed by atoms with van der Waals surface area (Å²) in [6, 6.07) is 1.25. The largest absolute Gasteiger partial charge is 0.408 e. The van der Waals surface area contributed by atoms with Crippen molar-refractivity contribution in [2.24, 2.45) is 0 Å². The Bertz CT molecular complexity index is 424. The van der Waals surface area contributed by atoms with Crippen molar-refractivity contribution in [2.75, 3.05) is 26.2 Å². The van der Waals surface area contributed by atoms with Crippen molar-refractivity contribution in [3.05, 3.63) is 34.6 Å². The van der Waals surface area contributed by atoms with Gasteiger partial charge in [0.2, 0.25) is 0 Å². The summed E-state index contributed by atoms with van der Waals surface area (Å²) in [4.78, 5) is 1.29. The average molecular weight is 297 g/mol. The molecule has 1 N–H and O–H groups in total. The van der Waals surface area contributed by atoms with Gasteiger partial charge in [0.05, 0.1) is 0 Å². The first-order valence-corrected chi connectivity index (χ1v) is 6.23. The summed E-state index contributed by atoms with van der Waals surface area (Å²) in [7, 11) is 0. The maximum Gasteiger partial charge on any atom is 0.408 e. The van der Waals surface area contributed by atoms with E-state index in [2.05, 4.69) is 5.32 Å². The maximum atomic E-state index is 13.3. The third-order valence-electron chi connectivity index (χ3n) is 3.03. The number of halogens is 5. The van der Waals surface area contributed by atoms with Crippen LogP contribution >= 0.6 is 11.6 Å². The maximum absolute atomic E-state index is 13.3. The number of alkyl halides is 3. The van der Waals surface area contributed by atoms with Gasteiger partial charge in [-0.2, -0.15) is 13.2 Å². The SMILES string of the molecule is Fc1cc(Cl)cc([C@H](N2CCNCC2)C(F)(F)F)c1. The van der Waals surface area contributed by atoms with E-state index in [0.29, 0.717) is 13.1 Å². The first-order chi connectivity index (χ1) is 8.88. The van der Waals surface area contributed by atoms with Gasteiger partial charge < -0.3 is 5.32 Å². The van der Waals surface area contributed by atoms with Crippen molar-refractivity contribution < 1.29 is 17.6 Å². The quantitative estimate of drug-likeness (QED) is 0.844. The second-order valence-corrected chi connectivity index (χ2v) is 4.87. The van der Waals surface area contributed by atoms with Crippen molar-refractivity contribution in [1.82, 2.24) is 10.2 Å². The highest BCUT2D eigenvalue weighted by atomic mass is 35.5. The fraction of sp³-hybridized carbons (Fsp3) is 0.500. The second-order valence-electron chi connectivity index (χ2n) is 4.43. The van der Waals surface area contributed by atoms with Crippen LogP contribution < -0.4 is 5.32 Å². The van der Waals surface area contributed by atoms with Crippen LogP contribution in [-0.2, 0) is 0 Å². The molecule has 0 unspecified atom stereocenters. The third kappa shape index (κ3) is 3.58. The topological polar surface area (TPSA) is 15.3 Å². The number of piperazine rings is 1. The van der Waals surface area contributed by atoms with Gasteiger partial charge in [0.1, 0.15) is 11.9 Å². The predicted molar refractivity (Wildman–Crippen MR) is 64.6 cm³/mol. The van der Waals surface area contributed by atoms with Gasteiger partial charge in [-0.1, -0.05) is 11.6 Å². The average Bonchev–Trinajstić information content (AvgIpc) is 2.27. The summed E-state index contributed by atoms with van der Waals surface area (Å²) in [5.41, 5.74) is -0.153. The minimum atomic E-state index is -4.46. The standard InChI is InChI=1S/C12H13ClF4N2/c13-9-5-8(6-10(14)7-9)11(12(15,16)17)19-3-1-18-2-4-19/h5-7,11,18H,1-4H2/t11-/m0/s1. The van der Waals surface area contributed by atoms with Gasteiger partial charge in [-0.05, 0) is 23.8 Å². The van der Waals surface area contributed by atoms with E-state index in [4.69, 9.17) is 11.6 Å². The van der Waals surface area contributed by atoms with Crippen LogP contribution in [0, 0.1) is 5.82 Å². The number of benzene rings is 1. The molecule has 0 saturated carbocycles. The molecule has 2 rings (SSSR count). The summed E-state index contributed by atoms with van der Waals surface area (Å²) in [6.07, 6.45) is -4.46. The van der Waals surface area contributed by atoms with Crippen molar-refractivity contribution in [3.8, 4) is 0 Å². The van der Waals surface area contributed by atoms with E-state index in [1.54, 1.807) is 0 Å². The van der Waals surface area contributed by atoms with Crippen molar-refractivity contribution in [1.29, 1.82) is 0 Å². The van der Waals surface area contributed by atoms with Gasteiger partial charge >= 0.3 is 6.18 Å². The van der Waals surface area contributed by atoms with Crippen LogP contribution in [0.5, 0.6) is 0 Å². The van der Waals surface area contributed by atoms with Crippen molar-refractivity contribution in [3.63, 3.8) is 0 Å². The second kappa shape index (κ2) is 5.64. The molecule has 1 atom stereocenters. The highest BCUT2D eigenvalue weighted by Gasteiger charge is 2.45. The van der Waals surface area contributed by atoms with Gasteiger partial charge in [-0.25, -0.2) is 4.39 Å². The molecule has 106 valence electrons. The highest BCUT2D eigenvalue weighted by Crippen LogP contribution is 2.38. The van der Waals surface area contributed by atoms with Crippen molar-refractivity contribution in [2.45, 2.75) is 12.2 Å². The summed E-state index contributed by atoms with van der Waals surface area (Å²) < 4.78 is 52.9. The molecule has 0 amide bonds. The van der Waals surface area contributed by atoms with Crippen LogP contribution in [0.3, 0.4) is 0 Å². The molecule has 19 heavy (non-hydrogen) atoms. The fourth-order valence-electron chi connectivity index (χ4n) is 2.28. The number of hydrogen-bond donors (Lipinski definition) is 1. The zero-order valence-electron chi connectivity index (χ0n) is 9.97. The molecule has 1 fully saturated rings. The monoisotopic (exact) mass is 296 g/mol. The molecule has 1 aromatic carbocycles. The first kappa shape index (κ1) is 14.6. The molecular weight excluding hydrogens is 284 g/mol. The molecule has 0 radical (unpaired) electrons. The summed E-state index contributed by atoms with van der Waals surface area (Å²) >= 11 is 5.64. The smallest absolute Gasteiger partial charge is 0.314 e. The van der Waals surface area contributed by atoms with Crippen LogP contribution in [0.25, 0.3) is 0 Å². The van der Waals surface area contributed by atoms with Crippen LogP contribution in [0.15, 0.2) is 18.2 Å². The van der Waals surface area contributed by atoms with E-state index >= 15 is 0 Å². The van der Waals surface area contributed by atoms with E-state index in [1.807, 2.05) is 0 Å². The lowest BCUT2D eigenvalue weighted by molar-refractivity contribution is -0.187. The zero-order valence-corrected chi connectivity index (χ0v) is 10.7. The molecule has 1 aliphatic rings. The predicted octanol–water partition coefficient (Wildman–Crippen LogP) is 2.99. The lowest BCUT2D eigenvalue weighted by Gasteiger charge is -2.36. The zero-order chi connectivity index (χ0) is 14.0. The molecule has 0 aliphatic carbocycles. The van der Waals surface area contributed by atoms with Crippen LogP contribution in [0.1, 0.15) is 11.6 Å². The van der Waals surface area contributed by atoms with Gasteiger partial charge in [0, 0.05) is 31.2 Å². The van der Waals surface area contributed by atoms with Crippen LogP contribution in [0.2, 0.25) is 5.02 Å². The fourth-order valence-corrected chi connectivity index (χ4v) is 2.51. The molecule has 0 aromatic heterocycles. The van der Waals surface area contributed by atoms with E-state index in [-0.39, 0.29) is 23.7 Å². The molecule has 1 saturated heterocycles. The number of nitrogens with one attached hydrogen (secondary N) is 1. The van der Waals surface area contributed by atoms with E-state index < -0.39 is 18.0 Å². The van der Waals surface area contributed by atoms with Gasteiger partial charge in [0.25, 0.3) is 0 Å². The number of rotatable bonds is 2. The van der Waals surface area contributed by atoms with E-state index in [1.165, 1.54) is 11.0 Å². The van der Waals surface area contributed by atoms with Crippen molar-refractivity contribution >= 4 is 11.6 Å². The van der Waals surface area contributed by atoms with E-state index in [0.717, 1.165) is 12.1 Å². The molecule has 1 aliphatic heterocycles. The lowest BCUT2D eigenvalue weighted by Crippen LogP contribution is -2.49. The van der Waals surface area contributed by atoms with Gasteiger partial charge in [0.15, 0.2) is 0 Å². The Kier molecular flexibility index (Phi) is 4.32. The van der Waals surface area contributed by atoms with Crippen LogP contribution in [-0.4, -0.2) is 37.3 Å². The Morgan fingerprint density at radius 3 is 2.32 bits per heavy atom.